The van der Waals surface area contributed by atoms with Crippen LogP contribution >= 0.6 is 0 Å². The summed E-state index contributed by atoms with van der Waals surface area (Å²) < 4.78 is 44.4. The second kappa shape index (κ2) is 6.01. The summed E-state index contributed by atoms with van der Waals surface area (Å²) in [5, 5.41) is 9.05. The summed E-state index contributed by atoms with van der Waals surface area (Å²) in [6.45, 7) is 2.99. The van der Waals surface area contributed by atoms with Gasteiger partial charge < -0.3 is 14.7 Å². The Kier molecular flexibility index (Phi) is 4.55. The summed E-state index contributed by atoms with van der Waals surface area (Å²) in [4.78, 5) is 1.94. The molecule has 0 radical (unpaired) electrons. The van der Waals surface area contributed by atoms with Gasteiger partial charge >= 0.3 is 6.18 Å². The SMILES string of the molecule is CCC1COCCN1c1ccc(CO)c(C(F)(F)F)c1. The second-order valence-electron chi connectivity index (χ2n) is 4.83. The molecule has 20 heavy (non-hydrogen) atoms. The standard InChI is InChI=1S/C14H18F3NO2/c1-2-11-9-20-6-5-18(11)12-4-3-10(8-19)13(7-12)14(15,16)17/h3-4,7,11,19H,2,5-6,8-9H2,1H3. The largest absolute Gasteiger partial charge is 0.416 e. The monoisotopic (exact) mass is 289 g/mol. The first-order valence-corrected chi connectivity index (χ1v) is 6.62. The fourth-order valence-electron chi connectivity index (χ4n) is 2.48. The number of benzene rings is 1. The van der Waals surface area contributed by atoms with Crippen LogP contribution in [0.5, 0.6) is 0 Å². The van der Waals surface area contributed by atoms with Gasteiger partial charge in [-0.15, -0.1) is 0 Å². The lowest BCUT2D eigenvalue weighted by Gasteiger charge is -2.37. The number of halogens is 3. The van der Waals surface area contributed by atoms with Gasteiger partial charge in [0.15, 0.2) is 0 Å². The lowest BCUT2D eigenvalue weighted by Crippen LogP contribution is -2.45. The number of anilines is 1. The summed E-state index contributed by atoms with van der Waals surface area (Å²) in [6.07, 6.45) is -3.65. The van der Waals surface area contributed by atoms with E-state index in [1.165, 1.54) is 6.07 Å². The van der Waals surface area contributed by atoms with E-state index in [4.69, 9.17) is 9.84 Å². The minimum atomic E-state index is -4.46. The molecule has 1 atom stereocenters. The normalized spacial score (nSPS) is 20.2. The summed E-state index contributed by atoms with van der Waals surface area (Å²) in [6, 6.07) is 4.19. The van der Waals surface area contributed by atoms with Crippen molar-refractivity contribution in [1.29, 1.82) is 0 Å². The molecule has 0 bridgehead atoms. The number of hydrogen-bond acceptors (Lipinski definition) is 3. The average Bonchev–Trinajstić information content (AvgIpc) is 2.45. The van der Waals surface area contributed by atoms with Gasteiger partial charge in [0.25, 0.3) is 0 Å². The molecule has 1 heterocycles. The van der Waals surface area contributed by atoms with Crippen LogP contribution in [-0.2, 0) is 17.5 Å². The topological polar surface area (TPSA) is 32.7 Å². The van der Waals surface area contributed by atoms with E-state index in [1.807, 2.05) is 11.8 Å². The molecule has 0 aliphatic carbocycles. The zero-order chi connectivity index (χ0) is 14.8. The molecule has 1 unspecified atom stereocenters. The van der Waals surface area contributed by atoms with Crippen molar-refractivity contribution in [2.24, 2.45) is 0 Å². The van der Waals surface area contributed by atoms with E-state index in [0.29, 0.717) is 25.4 Å². The smallest absolute Gasteiger partial charge is 0.392 e. The molecule has 1 N–H and O–H groups in total. The maximum atomic E-state index is 13.0. The molecular formula is C14H18F3NO2. The van der Waals surface area contributed by atoms with E-state index in [9.17, 15) is 13.2 Å². The van der Waals surface area contributed by atoms with E-state index in [2.05, 4.69) is 0 Å². The summed E-state index contributed by atoms with van der Waals surface area (Å²) in [5.41, 5.74) is -0.328. The minimum Gasteiger partial charge on any atom is -0.392 e. The number of morpholine rings is 1. The van der Waals surface area contributed by atoms with Crippen LogP contribution in [0.2, 0.25) is 0 Å². The molecule has 0 saturated carbocycles. The highest BCUT2D eigenvalue weighted by Crippen LogP contribution is 2.35. The Balaban J connectivity index is 2.37. The van der Waals surface area contributed by atoms with Crippen LogP contribution in [0.15, 0.2) is 18.2 Å². The van der Waals surface area contributed by atoms with Crippen molar-refractivity contribution >= 4 is 5.69 Å². The molecule has 3 nitrogen and oxygen atoms in total. The summed E-state index contributed by atoms with van der Waals surface area (Å²) >= 11 is 0. The molecule has 1 saturated heterocycles. The molecule has 1 fully saturated rings. The molecule has 0 spiro atoms. The number of aliphatic hydroxyl groups is 1. The van der Waals surface area contributed by atoms with Gasteiger partial charge in [-0.05, 0) is 24.1 Å². The molecule has 6 heteroatoms. The van der Waals surface area contributed by atoms with Gasteiger partial charge in [-0.1, -0.05) is 13.0 Å². The predicted molar refractivity (Wildman–Crippen MR) is 69.6 cm³/mol. The van der Waals surface area contributed by atoms with Crippen molar-refractivity contribution in [3.05, 3.63) is 29.3 Å². The Morgan fingerprint density at radius 3 is 2.75 bits per heavy atom. The van der Waals surface area contributed by atoms with Crippen LogP contribution in [0.1, 0.15) is 24.5 Å². The Morgan fingerprint density at radius 2 is 2.15 bits per heavy atom. The Bertz CT molecular complexity index is 462. The van der Waals surface area contributed by atoms with Crippen molar-refractivity contribution in [2.45, 2.75) is 32.2 Å². The van der Waals surface area contributed by atoms with E-state index >= 15 is 0 Å². The van der Waals surface area contributed by atoms with E-state index in [0.717, 1.165) is 12.5 Å². The average molecular weight is 289 g/mol. The van der Waals surface area contributed by atoms with Crippen molar-refractivity contribution in [3.63, 3.8) is 0 Å². The van der Waals surface area contributed by atoms with Crippen molar-refractivity contribution in [3.8, 4) is 0 Å². The maximum absolute atomic E-state index is 13.0. The van der Waals surface area contributed by atoms with E-state index in [1.54, 1.807) is 6.07 Å². The molecule has 2 rings (SSSR count). The Hall–Kier alpha value is -1.27. The summed E-state index contributed by atoms with van der Waals surface area (Å²) in [7, 11) is 0. The second-order valence-corrected chi connectivity index (χ2v) is 4.83. The van der Waals surface area contributed by atoms with Crippen LogP contribution in [0, 0.1) is 0 Å². The van der Waals surface area contributed by atoms with Gasteiger partial charge in [-0.25, -0.2) is 0 Å². The quantitative estimate of drug-likeness (QED) is 0.928. The number of ether oxygens (including phenoxy) is 1. The van der Waals surface area contributed by atoms with E-state index in [-0.39, 0.29) is 11.6 Å². The first-order chi connectivity index (χ1) is 9.47. The lowest BCUT2D eigenvalue weighted by atomic mass is 10.0. The number of nitrogens with zero attached hydrogens (tertiary/aromatic N) is 1. The maximum Gasteiger partial charge on any atom is 0.416 e. The zero-order valence-electron chi connectivity index (χ0n) is 11.3. The third-order valence-corrected chi connectivity index (χ3v) is 3.60. The fourth-order valence-corrected chi connectivity index (χ4v) is 2.48. The number of hydrogen-bond donors (Lipinski definition) is 1. The number of rotatable bonds is 3. The number of aliphatic hydroxyl groups excluding tert-OH is 1. The highest BCUT2D eigenvalue weighted by atomic mass is 19.4. The van der Waals surface area contributed by atoms with Gasteiger partial charge in [0.05, 0.1) is 31.4 Å². The van der Waals surface area contributed by atoms with Crippen molar-refractivity contribution < 1.29 is 23.0 Å². The lowest BCUT2D eigenvalue weighted by molar-refractivity contribution is -0.138. The molecule has 0 amide bonds. The highest BCUT2D eigenvalue weighted by Gasteiger charge is 2.34. The van der Waals surface area contributed by atoms with Gasteiger partial charge in [0, 0.05) is 12.2 Å². The molecule has 1 aromatic carbocycles. The van der Waals surface area contributed by atoms with Crippen LogP contribution in [-0.4, -0.2) is 30.9 Å². The zero-order valence-corrected chi connectivity index (χ0v) is 11.3. The van der Waals surface area contributed by atoms with Crippen LogP contribution in [0.3, 0.4) is 0 Å². The minimum absolute atomic E-state index is 0.0878. The van der Waals surface area contributed by atoms with Crippen LogP contribution < -0.4 is 4.90 Å². The molecular weight excluding hydrogens is 271 g/mol. The Labute approximate surface area is 116 Å². The molecule has 112 valence electrons. The predicted octanol–water partition coefficient (Wildman–Crippen LogP) is 2.81. The highest BCUT2D eigenvalue weighted by molar-refractivity contribution is 5.53. The van der Waals surface area contributed by atoms with Crippen molar-refractivity contribution in [1.82, 2.24) is 0 Å². The molecule has 1 aromatic rings. The Morgan fingerprint density at radius 1 is 1.40 bits per heavy atom. The van der Waals surface area contributed by atoms with Gasteiger partial charge in [-0.2, -0.15) is 13.2 Å². The molecule has 1 aliphatic rings. The first-order valence-electron chi connectivity index (χ1n) is 6.62. The third kappa shape index (κ3) is 3.07. The molecule has 1 aliphatic heterocycles. The fraction of sp³-hybridized carbons (Fsp3) is 0.571. The summed E-state index contributed by atoms with van der Waals surface area (Å²) in [5.74, 6) is 0. The number of alkyl halides is 3. The van der Waals surface area contributed by atoms with Gasteiger partial charge in [0.1, 0.15) is 0 Å². The van der Waals surface area contributed by atoms with Gasteiger partial charge in [-0.3, -0.25) is 0 Å². The van der Waals surface area contributed by atoms with Crippen molar-refractivity contribution in [2.75, 3.05) is 24.7 Å². The van der Waals surface area contributed by atoms with Crippen LogP contribution in [0.25, 0.3) is 0 Å². The van der Waals surface area contributed by atoms with E-state index < -0.39 is 18.3 Å². The third-order valence-electron chi connectivity index (χ3n) is 3.60. The first kappa shape index (κ1) is 15.1. The van der Waals surface area contributed by atoms with Crippen LogP contribution in [0.4, 0.5) is 18.9 Å². The molecule has 0 aromatic heterocycles. The van der Waals surface area contributed by atoms with Gasteiger partial charge in [0.2, 0.25) is 0 Å².